The molecule has 9 nitrogen and oxygen atoms in total. The molecule has 3 atom stereocenters. The smallest absolute Gasteiger partial charge is 0.411 e. The summed E-state index contributed by atoms with van der Waals surface area (Å²) in [5.74, 6) is 3.20. The molecule has 43 heavy (non-hydrogen) atoms. The first-order valence-corrected chi connectivity index (χ1v) is 14.5. The molecule has 2 amide bonds. The highest BCUT2D eigenvalue weighted by Crippen LogP contribution is 2.48. The lowest BCUT2D eigenvalue weighted by Crippen LogP contribution is -2.46. The fourth-order valence-corrected chi connectivity index (χ4v) is 6.81. The second-order valence-corrected chi connectivity index (χ2v) is 12.7. The first-order valence-electron chi connectivity index (χ1n) is 16.0. The Labute approximate surface area is 255 Å². The van der Waals surface area contributed by atoms with E-state index in [1.165, 1.54) is 0 Å². The van der Waals surface area contributed by atoms with Crippen molar-refractivity contribution in [1.82, 2.24) is 29.3 Å². The average Bonchev–Trinajstić information content (AvgIpc) is 3.65. The molecule has 0 radical (unpaired) electrons. The van der Waals surface area contributed by atoms with Gasteiger partial charge in [-0.1, -0.05) is 18.1 Å². The van der Waals surface area contributed by atoms with Crippen LogP contribution in [0.3, 0.4) is 0 Å². The number of hydrogen-bond acceptors (Lipinski definition) is 6. The third kappa shape index (κ3) is 4.11. The van der Waals surface area contributed by atoms with Crippen LogP contribution >= 0.6 is 0 Å². The van der Waals surface area contributed by atoms with E-state index in [4.69, 9.17) is 30.2 Å². The summed E-state index contributed by atoms with van der Waals surface area (Å²) in [6.07, 6.45) is 10.9. The molecular formula is C34H34N6O3. The van der Waals surface area contributed by atoms with Crippen LogP contribution in [0.5, 0.6) is 0 Å². The van der Waals surface area contributed by atoms with E-state index in [9.17, 15) is 9.59 Å². The van der Waals surface area contributed by atoms with Crippen LogP contribution in [-0.4, -0.2) is 60.4 Å². The predicted octanol–water partition coefficient (Wildman–Crippen LogP) is 5.84. The molecule has 1 saturated heterocycles. The van der Waals surface area contributed by atoms with Gasteiger partial charge in [0.15, 0.2) is 5.82 Å². The number of nitrogens with zero attached hydrogens (tertiary/aromatic N) is 6. The van der Waals surface area contributed by atoms with Gasteiger partial charge in [-0.15, -0.1) is 6.42 Å². The summed E-state index contributed by atoms with van der Waals surface area (Å²) >= 11 is 0. The number of rotatable bonds is 2. The van der Waals surface area contributed by atoms with Crippen LogP contribution in [-0.2, 0) is 10.3 Å². The highest BCUT2D eigenvalue weighted by Gasteiger charge is 2.46. The number of carbonyl (C=O) groups excluding carboxylic acids is 2. The van der Waals surface area contributed by atoms with Gasteiger partial charge in [-0.3, -0.25) is 9.69 Å². The summed E-state index contributed by atoms with van der Waals surface area (Å²) in [4.78, 5) is 43.7. The fourth-order valence-electron chi connectivity index (χ4n) is 6.81. The monoisotopic (exact) mass is 577 g/mol. The van der Waals surface area contributed by atoms with E-state index < -0.39 is 30.1 Å². The molecule has 1 unspecified atom stereocenters. The van der Waals surface area contributed by atoms with Gasteiger partial charge >= 0.3 is 6.09 Å². The predicted molar refractivity (Wildman–Crippen MR) is 162 cm³/mol. The molecule has 2 aromatic heterocycles. The third-order valence-electron chi connectivity index (χ3n) is 8.85. The topological polar surface area (TPSA) is 93.5 Å². The lowest BCUT2D eigenvalue weighted by Gasteiger charge is -2.35. The first-order chi connectivity index (χ1) is 21.7. The van der Waals surface area contributed by atoms with Gasteiger partial charge in [0, 0.05) is 58.7 Å². The van der Waals surface area contributed by atoms with Gasteiger partial charge < -0.3 is 14.2 Å². The fraction of sp³-hybridized carbons (Fsp3) is 0.382. The van der Waals surface area contributed by atoms with Crippen molar-refractivity contribution in [3.63, 3.8) is 0 Å². The zero-order valence-corrected chi connectivity index (χ0v) is 24.6. The van der Waals surface area contributed by atoms with Crippen molar-refractivity contribution in [2.45, 2.75) is 70.2 Å². The quantitative estimate of drug-likeness (QED) is 0.278. The SMILES string of the molecule is [2H]C([2H])([2H])N1C(=O)c2cccc(C#C)c2[C@H]2C[C@@H]1c1nc3ccc(-c4cnc(C5(C)CCCN5C(=O)OC(C)(C)C)nc4)cc3n12. The summed E-state index contributed by atoms with van der Waals surface area (Å²) < 4.78 is 32.5. The van der Waals surface area contributed by atoms with Gasteiger partial charge in [0.2, 0.25) is 0 Å². The zero-order chi connectivity index (χ0) is 32.8. The van der Waals surface area contributed by atoms with Gasteiger partial charge in [0.25, 0.3) is 5.91 Å². The standard InChI is InChI=1S/C34H34N6O3/c1-7-20-10-8-11-23-28(20)26-17-27(38(6)30(23)41)29-37-24-13-12-21(16-25(24)40(26)29)22-18-35-31(36-19-22)34(5)14-9-15-39(34)32(42)43-33(2,3)4/h1,8,10-13,16,18-19,26-27H,9,14-15,17H2,2-6H3/t26-,27-,34?/m1/s1/i6D3. The Balaban J connectivity index is 1.29. The van der Waals surface area contributed by atoms with Gasteiger partial charge in [-0.25, -0.2) is 19.7 Å². The Morgan fingerprint density at radius 1 is 1.16 bits per heavy atom. The van der Waals surface area contributed by atoms with Crippen LogP contribution in [0, 0.1) is 12.3 Å². The van der Waals surface area contributed by atoms with Gasteiger partial charge in [0.1, 0.15) is 17.0 Å². The number of terminal acetylenes is 1. The molecule has 0 aliphatic carbocycles. The average molecular weight is 578 g/mol. The molecule has 4 aromatic rings. The summed E-state index contributed by atoms with van der Waals surface area (Å²) in [7, 11) is 0. The van der Waals surface area contributed by atoms with Gasteiger partial charge in [-0.05, 0) is 70.4 Å². The lowest BCUT2D eigenvalue weighted by atomic mass is 9.93. The lowest BCUT2D eigenvalue weighted by molar-refractivity contribution is 0.00851. The van der Waals surface area contributed by atoms with Crippen molar-refractivity contribution >= 4 is 23.0 Å². The number of benzene rings is 2. The van der Waals surface area contributed by atoms with E-state index in [1.807, 2.05) is 50.5 Å². The van der Waals surface area contributed by atoms with E-state index >= 15 is 0 Å². The van der Waals surface area contributed by atoms with Crippen LogP contribution in [0.15, 0.2) is 48.8 Å². The van der Waals surface area contributed by atoms with Crippen LogP contribution < -0.4 is 0 Å². The van der Waals surface area contributed by atoms with E-state index in [0.717, 1.165) is 34.4 Å². The minimum atomic E-state index is -2.67. The largest absolute Gasteiger partial charge is 0.444 e. The number of carbonyl (C=O) groups is 2. The number of imidazole rings is 1. The van der Waals surface area contributed by atoms with Crippen molar-refractivity contribution in [3.8, 4) is 23.5 Å². The minimum Gasteiger partial charge on any atom is -0.444 e. The van der Waals surface area contributed by atoms with E-state index in [2.05, 4.69) is 5.92 Å². The second-order valence-electron chi connectivity index (χ2n) is 12.7. The second kappa shape index (κ2) is 9.40. The Morgan fingerprint density at radius 2 is 1.95 bits per heavy atom. The van der Waals surface area contributed by atoms with Crippen LogP contribution in [0.25, 0.3) is 22.2 Å². The van der Waals surface area contributed by atoms with Crippen molar-refractivity contribution in [3.05, 3.63) is 77.1 Å². The van der Waals surface area contributed by atoms with Crippen molar-refractivity contribution < 1.29 is 18.4 Å². The maximum Gasteiger partial charge on any atom is 0.411 e. The van der Waals surface area contributed by atoms with E-state index in [1.54, 1.807) is 35.5 Å². The summed E-state index contributed by atoms with van der Waals surface area (Å²) in [5.41, 5.74) is 3.27. The normalized spacial score (nSPS) is 24.1. The molecular weight excluding hydrogens is 540 g/mol. The van der Waals surface area contributed by atoms with Crippen molar-refractivity contribution in [1.29, 1.82) is 0 Å². The number of likely N-dealkylation sites (tertiary alicyclic amines) is 1. The Bertz CT molecular complexity index is 1960. The number of aromatic nitrogens is 4. The molecule has 3 aliphatic rings. The number of amides is 2. The zero-order valence-electron chi connectivity index (χ0n) is 27.6. The molecule has 9 heteroatoms. The molecule has 2 aromatic carbocycles. The Hall–Kier alpha value is -4.71. The third-order valence-corrected chi connectivity index (χ3v) is 8.85. The maximum absolute atomic E-state index is 13.7. The molecule has 218 valence electrons. The van der Waals surface area contributed by atoms with E-state index in [-0.39, 0.29) is 12.1 Å². The highest BCUT2D eigenvalue weighted by molar-refractivity contribution is 5.98. The highest BCUT2D eigenvalue weighted by atomic mass is 16.6. The summed E-state index contributed by atoms with van der Waals surface area (Å²) in [6.45, 7) is 5.40. The number of fused-ring (bicyclic) bond motifs is 9. The molecule has 1 fully saturated rings. The molecule has 0 spiro atoms. The molecule has 5 heterocycles. The number of ether oxygens (including phenoxy) is 1. The summed E-state index contributed by atoms with van der Waals surface area (Å²) in [5, 5.41) is 0. The molecule has 2 bridgehead atoms. The minimum absolute atomic E-state index is 0.299. The van der Waals surface area contributed by atoms with E-state index in [0.29, 0.717) is 46.8 Å². The molecule has 0 N–H and O–H groups in total. The van der Waals surface area contributed by atoms with Gasteiger partial charge in [0.05, 0.1) is 23.1 Å². The summed E-state index contributed by atoms with van der Waals surface area (Å²) in [6, 6.07) is 9.79. The number of hydrogen-bond donors (Lipinski definition) is 0. The van der Waals surface area contributed by atoms with Crippen LogP contribution in [0.4, 0.5) is 4.79 Å². The van der Waals surface area contributed by atoms with Crippen LogP contribution in [0.1, 0.15) is 96.3 Å². The molecule has 3 aliphatic heterocycles. The molecule has 0 saturated carbocycles. The Morgan fingerprint density at radius 3 is 2.67 bits per heavy atom. The first kappa shape index (κ1) is 23.8. The van der Waals surface area contributed by atoms with Gasteiger partial charge in [-0.2, -0.15) is 0 Å². The molecule has 7 rings (SSSR count). The van der Waals surface area contributed by atoms with Crippen LogP contribution in [0.2, 0.25) is 0 Å². The van der Waals surface area contributed by atoms with Crippen molar-refractivity contribution in [2.75, 3.05) is 13.5 Å². The Kier molecular flexibility index (Phi) is 5.20. The maximum atomic E-state index is 13.7. The van der Waals surface area contributed by atoms with Crippen molar-refractivity contribution in [2.24, 2.45) is 0 Å².